The first-order valence-electron chi connectivity index (χ1n) is 20.9. The van der Waals surface area contributed by atoms with Crippen LogP contribution in [0.15, 0.2) is 176 Å². The highest BCUT2D eigenvalue weighted by molar-refractivity contribution is 5.39. The van der Waals surface area contributed by atoms with Crippen LogP contribution < -0.4 is 4.74 Å². The fourth-order valence-electron chi connectivity index (χ4n) is 7.55. The van der Waals surface area contributed by atoms with Crippen LogP contribution in [0.5, 0.6) is 5.75 Å². The van der Waals surface area contributed by atoms with Gasteiger partial charge in [0.15, 0.2) is 0 Å². The van der Waals surface area contributed by atoms with E-state index in [-0.39, 0.29) is 6.61 Å². The minimum Gasteiger partial charge on any atom is -0.494 e. The van der Waals surface area contributed by atoms with E-state index in [1.54, 1.807) is 6.08 Å². The SMILES string of the molecule is C=CCOCc1ccc(Cc2ccc(OCC)cc2)cc1[C@@H]1O[C@H](COCc2ccccc2)[C@@H](OCc2ccccc2)[C@H](OCc2ccccc2)[C@H]1OCc1ccccc1. The third-order valence-electron chi connectivity index (χ3n) is 10.5. The van der Waals surface area contributed by atoms with E-state index in [1.165, 1.54) is 5.56 Å². The van der Waals surface area contributed by atoms with Gasteiger partial charge in [0.2, 0.25) is 0 Å². The summed E-state index contributed by atoms with van der Waals surface area (Å²) in [7, 11) is 0. The number of hydrogen-bond donors (Lipinski definition) is 0. The van der Waals surface area contributed by atoms with Crippen LogP contribution in [-0.4, -0.2) is 44.2 Å². The summed E-state index contributed by atoms with van der Waals surface area (Å²) < 4.78 is 46.8. The van der Waals surface area contributed by atoms with E-state index in [4.69, 9.17) is 33.2 Å². The van der Waals surface area contributed by atoms with Crippen LogP contribution in [0, 0.1) is 0 Å². The highest BCUT2D eigenvalue weighted by Gasteiger charge is 2.49. The molecule has 0 bridgehead atoms. The van der Waals surface area contributed by atoms with Crippen LogP contribution in [-0.2, 0) is 67.9 Å². The Morgan fingerprint density at radius 1 is 0.517 bits per heavy atom. The second-order valence-electron chi connectivity index (χ2n) is 15.0. The van der Waals surface area contributed by atoms with Gasteiger partial charge in [-0.25, -0.2) is 0 Å². The number of benzene rings is 6. The van der Waals surface area contributed by atoms with Gasteiger partial charge < -0.3 is 33.2 Å². The second-order valence-corrected chi connectivity index (χ2v) is 15.0. The molecule has 7 heteroatoms. The Kier molecular flexibility index (Phi) is 16.3. The van der Waals surface area contributed by atoms with Gasteiger partial charge in [-0.15, -0.1) is 6.58 Å². The van der Waals surface area contributed by atoms with Crippen molar-refractivity contribution < 1.29 is 33.2 Å². The zero-order chi connectivity index (χ0) is 41.2. The molecule has 310 valence electrons. The monoisotopic (exact) mass is 804 g/mol. The Hall–Kier alpha value is -5.38. The summed E-state index contributed by atoms with van der Waals surface area (Å²) in [5.41, 5.74) is 8.51. The molecule has 7 nitrogen and oxygen atoms in total. The molecule has 60 heavy (non-hydrogen) atoms. The Morgan fingerprint density at radius 3 is 1.58 bits per heavy atom. The molecule has 0 spiro atoms. The van der Waals surface area contributed by atoms with Gasteiger partial charge in [-0.05, 0) is 70.0 Å². The normalized spacial score (nSPS) is 18.9. The Morgan fingerprint density at radius 2 is 1.03 bits per heavy atom. The molecule has 0 aliphatic carbocycles. The average Bonchev–Trinajstić information content (AvgIpc) is 3.30. The zero-order valence-corrected chi connectivity index (χ0v) is 34.5. The first-order valence-corrected chi connectivity index (χ1v) is 20.9. The topological polar surface area (TPSA) is 64.6 Å². The summed E-state index contributed by atoms with van der Waals surface area (Å²) >= 11 is 0. The largest absolute Gasteiger partial charge is 0.494 e. The summed E-state index contributed by atoms with van der Waals surface area (Å²) in [6.45, 7) is 9.08. The van der Waals surface area contributed by atoms with Gasteiger partial charge in [-0.3, -0.25) is 0 Å². The van der Waals surface area contributed by atoms with Crippen LogP contribution in [0.3, 0.4) is 0 Å². The Balaban J connectivity index is 1.30. The lowest BCUT2D eigenvalue weighted by molar-refractivity contribution is -0.275. The van der Waals surface area contributed by atoms with Crippen molar-refractivity contribution in [3.05, 3.63) is 221 Å². The number of hydrogen-bond acceptors (Lipinski definition) is 7. The molecule has 0 unspecified atom stereocenters. The van der Waals surface area contributed by atoms with Gasteiger partial charge in [0.25, 0.3) is 0 Å². The first-order chi connectivity index (χ1) is 29.7. The van der Waals surface area contributed by atoms with E-state index in [1.807, 2.05) is 91.9 Å². The van der Waals surface area contributed by atoms with E-state index in [9.17, 15) is 0 Å². The van der Waals surface area contributed by atoms with Crippen molar-refractivity contribution in [2.24, 2.45) is 0 Å². The van der Waals surface area contributed by atoms with Gasteiger partial charge in [-0.1, -0.05) is 158 Å². The summed E-state index contributed by atoms with van der Waals surface area (Å²) in [4.78, 5) is 0. The predicted octanol–water partition coefficient (Wildman–Crippen LogP) is 10.8. The van der Waals surface area contributed by atoms with E-state index in [0.29, 0.717) is 46.2 Å². The van der Waals surface area contributed by atoms with E-state index < -0.39 is 30.5 Å². The van der Waals surface area contributed by atoms with Gasteiger partial charge in [0.1, 0.15) is 36.3 Å². The smallest absolute Gasteiger partial charge is 0.119 e. The fraction of sp³-hybridized carbons (Fsp3) is 0.283. The zero-order valence-electron chi connectivity index (χ0n) is 34.5. The Bertz CT molecular complexity index is 2130. The molecule has 0 amide bonds. The molecule has 1 heterocycles. The minimum absolute atomic E-state index is 0.273. The first kappa shape index (κ1) is 42.7. The maximum atomic E-state index is 7.34. The van der Waals surface area contributed by atoms with E-state index >= 15 is 0 Å². The van der Waals surface area contributed by atoms with Crippen molar-refractivity contribution >= 4 is 0 Å². The molecule has 1 saturated heterocycles. The van der Waals surface area contributed by atoms with Crippen molar-refractivity contribution in [1.29, 1.82) is 0 Å². The predicted molar refractivity (Wildman–Crippen MR) is 235 cm³/mol. The lowest BCUT2D eigenvalue weighted by Crippen LogP contribution is -2.58. The van der Waals surface area contributed by atoms with Gasteiger partial charge >= 0.3 is 0 Å². The molecule has 0 radical (unpaired) electrons. The summed E-state index contributed by atoms with van der Waals surface area (Å²) in [6, 6.07) is 55.7. The second kappa shape index (κ2) is 22.8. The molecule has 5 atom stereocenters. The Labute approximate surface area is 355 Å². The van der Waals surface area contributed by atoms with E-state index in [0.717, 1.165) is 51.1 Å². The quantitative estimate of drug-likeness (QED) is 0.0500. The average molecular weight is 805 g/mol. The van der Waals surface area contributed by atoms with Gasteiger partial charge in [0.05, 0.1) is 52.9 Å². The summed E-state index contributed by atoms with van der Waals surface area (Å²) in [5.74, 6) is 0.858. The molecule has 6 aromatic carbocycles. The lowest BCUT2D eigenvalue weighted by atomic mass is 9.87. The molecule has 0 aromatic heterocycles. The number of rotatable bonds is 22. The number of ether oxygens (including phenoxy) is 7. The summed E-state index contributed by atoms with van der Waals surface area (Å²) in [5, 5.41) is 0. The van der Waals surface area contributed by atoms with Crippen molar-refractivity contribution in [2.45, 2.75) is 76.9 Å². The highest BCUT2D eigenvalue weighted by atomic mass is 16.6. The fourth-order valence-corrected chi connectivity index (χ4v) is 7.55. The third kappa shape index (κ3) is 12.3. The van der Waals surface area contributed by atoms with Crippen LogP contribution in [0.4, 0.5) is 0 Å². The van der Waals surface area contributed by atoms with Gasteiger partial charge in [-0.2, -0.15) is 0 Å². The van der Waals surface area contributed by atoms with Crippen LogP contribution in [0.25, 0.3) is 0 Å². The van der Waals surface area contributed by atoms with E-state index in [2.05, 4.69) is 85.4 Å². The molecule has 0 N–H and O–H groups in total. The summed E-state index contributed by atoms with van der Waals surface area (Å²) in [6.07, 6.45) is -0.289. The van der Waals surface area contributed by atoms with Crippen molar-refractivity contribution in [2.75, 3.05) is 19.8 Å². The van der Waals surface area contributed by atoms with Crippen LogP contribution in [0.2, 0.25) is 0 Å². The molecule has 0 saturated carbocycles. The molecular formula is C53H56O7. The standard InChI is InChI=1S/C53H56O7/c1-3-31-54-38-46-28-25-45(32-40-26-29-47(30-27-40)56-4-2)33-48(46)50-52(58-36-43-21-13-7-14-22-43)53(59-37-44-23-15-8-16-24-44)51(57-35-42-19-11-6-12-20-42)49(60-50)39-55-34-41-17-9-5-10-18-41/h3,5-30,33,49-53H,1,4,31-32,34-39H2,2H3/t49-,50+,51-,52+,53+/m1/s1. The van der Waals surface area contributed by atoms with Crippen molar-refractivity contribution in [3.63, 3.8) is 0 Å². The maximum absolute atomic E-state index is 7.34. The van der Waals surface area contributed by atoms with Crippen molar-refractivity contribution in [1.82, 2.24) is 0 Å². The lowest BCUT2D eigenvalue weighted by Gasteiger charge is -2.47. The van der Waals surface area contributed by atoms with Crippen LogP contribution in [0.1, 0.15) is 57.5 Å². The molecule has 1 aliphatic heterocycles. The maximum Gasteiger partial charge on any atom is 0.119 e. The third-order valence-corrected chi connectivity index (χ3v) is 10.5. The molecule has 1 aliphatic rings. The van der Waals surface area contributed by atoms with Crippen LogP contribution >= 0.6 is 0 Å². The van der Waals surface area contributed by atoms with Gasteiger partial charge in [0, 0.05) is 0 Å². The minimum atomic E-state index is -0.584. The highest BCUT2D eigenvalue weighted by Crippen LogP contribution is 2.40. The molecule has 6 aromatic rings. The van der Waals surface area contributed by atoms with Crippen molar-refractivity contribution in [3.8, 4) is 5.75 Å². The molecule has 1 fully saturated rings. The molecule has 7 rings (SSSR count). The molecular weight excluding hydrogens is 749 g/mol.